The average Bonchev–Trinajstić information content (AvgIpc) is 3.03. The van der Waals surface area contributed by atoms with E-state index in [1.807, 2.05) is 47.4 Å². The SMILES string of the molecule is O=C(CN1C(=O)C(=Cc2ccccc2)SC1=S)N1CCC(Cc2ccccc2)CC1. The normalized spacial score (nSPS) is 19.0. The highest BCUT2D eigenvalue weighted by atomic mass is 32.2. The van der Waals surface area contributed by atoms with Crippen molar-refractivity contribution in [2.75, 3.05) is 19.6 Å². The number of likely N-dealkylation sites (tertiary alicyclic amines) is 1. The monoisotopic (exact) mass is 436 g/mol. The van der Waals surface area contributed by atoms with Gasteiger partial charge < -0.3 is 4.90 Å². The van der Waals surface area contributed by atoms with Gasteiger partial charge in [0.1, 0.15) is 10.9 Å². The summed E-state index contributed by atoms with van der Waals surface area (Å²) in [5, 5.41) is 0. The highest BCUT2D eigenvalue weighted by Gasteiger charge is 2.35. The first kappa shape index (κ1) is 20.8. The molecule has 2 heterocycles. The lowest BCUT2D eigenvalue weighted by atomic mass is 9.90. The molecule has 0 spiro atoms. The number of hydrogen-bond acceptors (Lipinski definition) is 4. The van der Waals surface area contributed by atoms with E-state index in [1.54, 1.807) is 0 Å². The third kappa shape index (κ3) is 4.99. The Morgan fingerprint density at radius 2 is 1.67 bits per heavy atom. The van der Waals surface area contributed by atoms with E-state index in [0.717, 1.165) is 37.9 Å². The number of carbonyl (C=O) groups is 2. The Balaban J connectivity index is 1.31. The van der Waals surface area contributed by atoms with Gasteiger partial charge in [0.2, 0.25) is 5.91 Å². The number of hydrogen-bond donors (Lipinski definition) is 0. The minimum Gasteiger partial charge on any atom is -0.341 e. The van der Waals surface area contributed by atoms with Gasteiger partial charge in [-0.1, -0.05) is 84.6 Å². The van der Waals surface area contributed by atoms with E-state index in [0.29, 0.717) is 15.1 Å². The summed E-state index contributed by atoms with van der Waals surface area (Å²) < 4.78 is 0.453. The molecule has 0 saturated carbocycles. The molecule has 2 aromatic rings. The van der Waals surface area contributed by atoms with Gasteiger partial charge in [-0.25, -0.2) is 0 Å². The van der Waals surface area contributed by atoms with Gasteiger partial charge in [0.15, 0.2) is 0 Å². The standard InChI is InChI=1S/C24H24N2O2S2/c27-22(25-13-11-20(12-14-25)15-18-7-3-1-4-8-18)17-26-23(28)21(30-24(26)29)16-19-9-5-2-6-10-19/h1-10,16,20H,11-15,17H2. The number of rotatable bonds is 5. The van der Waals surface area contributed by atoms with Gasteiger partial charge >= 0.3 is 0 Å². The Kier molecular flexibility index (Phi) is 6.65. The van der Waals surface area contributed by atoms with Crippen LogP contribution in [0, 0.1) is 5.92 Å². The van der Waals surface area contributed by atoms with Crippen LogP contribution in [-0.2, 0) is 16.0 Å². The lowest BCUT2D eigenvalue weighted by Gasteiger charge is -2.33. The molecule has 2 aromatic carbocycles. The molecule has 0 radical (unpaired) electrons. The van der Waals surface area contributed by atoms with Gasteiger partial charge in [-0.05, 0) is 42.4 Å². The van der Waals surface area contributed by atoms with Crippen molar-refractivity contribution >= 4 is 46.2 Å². The second-order valence-corrected chi connectivity index (χ2v) is 9.37. The van der Waals surface area contributed by atoms with Gasteiger partial charge in [0, 0.05) is 13.1 Å². The fourth-order valence-corrected chi connectivity index (χ4v) is 5.16. The lowest BCUT2D eigenvalue weighted by Crippen LogP contribution is -2.45. The average molecular weight is 437 g/mol. The molecule has 0 bridgehead atoms. The maximum Gasteiger partial charge on any atom is 0.266 e. The predicted molar refractivity (Wildman–Crippen MR) is 126 cm³/mol. The first-order valence-corrected chi connectivity index (χ1v) is 11.4. The van der Waals surface area contributed by atoms with Crippen molar-refractivity contribution in [3.63, 3.8) is 0 Å². The number of amides is 2. The molecule has 4 nitrogen and oxygen atoms in total. The Hall–Kier alpha value is -2.44. The quantitative estimate of drug-likeness (QED) is 0.516. The van der Waals surface area contributed by atoms with Crippen LogP contribution in [0.5, 0.6) is 0 Å². The first-order valence-electron chi connectivity index (χ1n) is 10.2. The van der Waals surface area contributed by atoms with Crippen molar-refractivity contribution < 1.29 is 9.59 Å². The molecule has 2 saturated heterocycles. The summed E-state index contributed by atoms with van der Waals surface area (Å²) in [5.41, 5.74) is 2.30. The van der Waals surface area contributed by atoms with E-state index in [4.69, 9.17) is 12.2 Å². The van der Waals surface area contributed by atoms with Gasteiger partial charge in [0.25, 0.3) is 5.91 Å². The number of thioether (sulfide) groups is 1. The number of benzene rings is 2. The van der Waals surface area contributed by atoms with E-state index in [-0.39, 0.29) is 18.4 Å². The van der Waals surface area contributed by atoms with Crippen molar-refractivity contribution in [3.8, 4) is 0 Å². The van der Waals surface area contributed by atoms with E-state index in [2.05, 4.69) is 24.3 Å². The molecule has 0 unspecified atom stereocenters. The highest BCUT2D eigenvalue weighted by Crippen LogP contribution is 2.32. The molecule has 2 aliphatic rings. The summed E-state index contributed by atoms with van der Waals surface area (Å²) in [6.07, 6.45) is 4.88. The van der Waals surface area contributed by atoms with Gasteiger partial charge in [-0.15, -0.1) is 0 Å². The highest BCUT2D eigenvalue weighted by molar-refractivity contribution is 8.26. The smallest absolute Gasteiger partial charge is 0.266 e. The van der Waals surface area contributed by atoms with Crippen LogP contribution in [0.1, 0.15) is 24.0 Å². The van der Waals surface area contributed by atoms with Crippen LogP contribution in [0.4, 0.5) is 0 Å². The molecule has 30 heavy (non-hydrogen) atoms. The second-order valence-electron chi connectivity index (χ2n) is 7.69. The summed E-state index contributed by atoms with van der Waals surface area (Å²) >= 11 is 6.64. The van der Waals surface area contributed by atoms with E-state index in [9.17, 15) is 9.59 Å². The first-order chi connectivity index (χ1) is 14.6. The number of nitrogens with zero attached hydrogens (tertiary/aromatic N) is 2. The third-order valence-corrected chi connectivity index (χ3v) is 6.98. The fourth-order valence-electron chi connectivity index (χ4n) is 3.91. The summed E-state index contributed by atoms with van der Waals surface area (Å²) in [5.74, 6) is 0.397. The minimum absolute atomic E-state index is 0.0228. The summed E-state index contributed by atoms with van der Waals surface area (Å²) in [7, 11) is 0. The van der Waals surface area contributed by atoms with Crippen LogP contribution in [0.25, 0.3) is 6.08 Å². The summed E-state index contributed by atoms with van der Waals surface area (Å²) in [6.45, 7) is 1.51. The molecular weight excluding hydrogens is 412 g/mol. The molecule has 6 heteroatoms. The Morgan fingerprint density at radius 1 is 1.03 bits per heavy atom. The topological polar surface area (TPSA) is 40.6 Å². The molecule has 154 valence electrons. The van der Waals surface area contributed by atoms with E-state index in [1.165, 1.54) is 22.2 Å². The minimum atomic E-state index is -0.179. The molecule has 0 N–H and O–H groups in total. The third-order valence-electron chi connectivity index (χ3n) is 5.60. The van der Waals surface area contributed by atoms with Crippen molar-refractivity contribution in [2.24, 2.45) is 5.92 Å². The molecular formula is C24H24N2O2S2. The second kappa shape index (κ2) is 9.58. The van der Waals surface area contributed by atoms with E-state index >= 15 is 0 Å². The van der Waals surface area contributed by atoms with Gasteiger partial charge in [0.05, 0.1) is 4.91 Å². The molecule has 2 aliphatic heterocycles. The summed E-state index contributed by atoms with van der Waals surface area (Å²) in [4.78, 5) is 29.5. The van der Waals surface area contributed by atoms with Gasteiger partial charge in [-0.2, -0.15) is 0 Å². The maximum atomic E-state index is 12.8. The zero-order chi connectivity index (χ0) is 20.9. The molecule has 4 rings (SSSR count). The number of carbonyl (C=O) groups excluding carboxylic acids is 2. The van der Waals surface area contributed by atoms with E-state index < -0.39 is 0 Å². The summed E-state index contributed by atoms with van der Waals surface area (Å²) in [6, 6.07) is 20.2. The molecule has 0 atom stereocenters. The molecule has 0 aromatic heterocycles. The van der Waals surface area contributed by atoms with Crippen LogP contribution < -0.4 is 0 Å². The lowest BCUT2D eigenvalue weighted by molar-refractivity contribution is -0.136. The molecule has 2 amide bonds. The Labute approximate surface area is 186 Å². The molecule has 0 aliphatic carbocycles. The van der Waals surface area contributed by atoms with Crippen LogP contribution in [0.3, 0.4) is 0 Å². The van der Waals surface area contributed by atoms with Crippen LogP contribution >= 0.6 is 24.0 Å². The number of thiocarbonyl (C=S) groups is 1. The van der Waals surface area contributed by atoms with Gasteiger partial charge in [-0.3, -0.25) is 14.5 Å². The number of piperidine rings is 1. The van der Waals surface area contributed by atoms with Crippen molar-refractivity contribution in [1.29, 1.82) is 0 Å². The zero-order valence-electron chi connectivity index (χ0n) is 16.7. The fraction of sp³-hybridized carbons (Fsp3) is 0.292. The van der Waals surface area contributed by atoms with Crippen LogP contribution in [-0.4, -0.2) is 45.6 Å². The molecule has 2 fully saturated rings. The predicted octanol–water partition coefficient (Wildman–Crippen LogP) is 4.37. The van der Waals surface area contributed by atoms with Crippen LogP contribution in [0.2, 0.25) is 0 Å². The zero-order valence-corrected chi connectivity index (χ0v) is 18.3. The van der Waals surface area contributed by atoms with Crippen molar-refractivity contribution in [3.05, 3.63) is 76.7 Å². The Bertz CT molecular complexity index is 952. The van der Waals surface area contributed by atoms with Crippen LogP contribution in [0.15, 0.2) is 65.6 Å². The van der Waals surface area contributed by atoms with Crippen molar-refractivity contribution in [1.82, 2.24) is 9.80 Å². The Morgan fingerprint density at radius 3 is 2.33 bits per heavy atom. The maximum absolute atomic E-state index is 12.8. The van der Waals surface area contributed by atoms with Crippen molar-refractivity contribution in [2.45, 2.75) is 19.3 Å². The largest absolute Gasteiger partial charge is 0.341 e.